The van der Waals surface area contributed by atoms with E-state index in [1.54, 1.807) is 6.92 Å². The molecule has 0 radical (unpaired) electrons. The van der Waals surface area contributed by atoms with E-state index in [1.807, 2.05) is 0 Å². The molecule has 0 saturated heterocycles. The molecule has 12 heteroatoms. The van der Waals surface area contributed by atoms with Crippen LogP contribution in [0, 0.1) is 11.7 Å². The van der Waals surface area contributed by atoms with Crippen molar-refractivity contribution in [1.82, 2.24) is 19.7 Å². The number of aliphatic hydroxyl groups is 1. The summed E-state index contributed by atoms with van der Waals surface area (Å²) in [5, 5.41) is 16.0. The highest BCUT2D eigenvalue weighted by Gasteiger charge is 2.44. The Bertz CT molecular complexity index is 1030. The Morgan fingerprint density at radius 1 is 1.39 bits per heavy atom. The second-order valence-corrected chi connectivity index (χ2v) is 8.22. The van der Waals surface area contributed by atoms with Crippen molar-refractivity contribution in [3.8, 4) is 0 Å². The number of hydrogen-bond donors (Lipinski definition) is 2. The van der Waals surface area contributed by atoms with Crippen LogP contribution < -0.4 is 5.32 Å². The normalized spacial score (nSPS) is 21.6. The van der Waals surface area contributed by atoms with Crippen molar-refractivity contribution >= 4 is 11.7 Å². The number of halogens is 5. The first-order valence-corrected chi connectivity index (χ1v) is 10.2. The van der Waals surface area contributed by atoms with Gasteiger partial charge < -0.3 is 15.3 Å². The predicted molar refractivity (Wildman–Crippen MR) is 110 cm³/mol. The summed E-state index contributed by atoms with van der Waals surface area (Å²) in [5.74, 6) is -4.88. The number of aliphatic hydroxyl groups excluding tert-OH is 1. The van der Waals surface area contributed by atoms with Crippen LogP contribution in [0.15, 0.2) is 12.3 Å². The third-order valence-electron chi connectivity index (χ3n) is 6.01. The number of nitrogens with zero attached hydrogens (tertiary/aromatic N) is 4. The average molecular weight is 475 g/mol. The summed E-state index contributed by atoms with van der Waals surface area (Å²) in [7, 11) is 0. The van der Waals surface area contributed by atoms with Gasteiger partial charge in [0.2, 0.25) is 0 Å². The molecule has 0 unspecified atom stereocenters. The average Bonchev–Trinajstić information content (AvgIpc) is 3.02. The van der Waals surface area contributed by atoms with Crippen LogP contribution in [0.5, 0.6) is 0 Å². The van der Waals surface area contributed by atoms with E-state index in [0.717, 1.165) is 12.3 Å². The summed E-state index contributed by atoms with van der Waals surface area (Å²) < 4.78 is 71.2. The lowest BCUT2D eigenvalue weighted by molar-refractivity contribution is -0.0227. The van der Waals surface area contributed by atoms with E-state index < -0.39 is 48.0 Å². The number of hydrogen-bond acceptors (Lipinski definition) is 4. The van der Waals surface area contributed by atoms with Crippen LogP contribution in [-0.2, 0) is 25.4 Å². The second kappa shape index (κ2) is 9.24. The van der Waals surface area contributed by atoms with Gasteiger partial charge in [-0.1, -0.05) is 7.43 Å². The zero-order valence-electron chi connectivity index (χ0n) is 17.2. The van der Waals surface area contributed by atoms with Gasteiger partial charge in [0.1, 0.15) is 11.4 Å². The number of carbonyl (C=O) groups excluding carboxylic acids is 1. The van der Waals surface area contributed by atoms with Crippen molar-refractivity contribution in [3.63, 3.8) is 0 Å². The minimum absolute atomic E-state index is 0. The molecule has 2 aliphatic heterocycles. The van der Waals surface area contributed by atoms with E-state index in [2.05, 4.69) is 15.4 Å². The first kappa shape index (κ1) is 24.9. The number of alkyl halides is 4. The largest absolute Gasteiger partial charge is 0.396 e. The van der Waals surface area contributed by atoms with E-state index in [-0.39, 0.29) is 57.1 Å². The quantitative estimate of drug-likeness (QED) is 0.642. The van der Waals surface area contributed by atoms with Gasteiger partial charge in [0.15, 0.2) is 5.82 Å². The van der Waals surface area contributed by atoms with Gasteiger partial charge in [-0.3, -0.25) is 9.67 Å². The molecule has 0 fully saturated rings. The lowest BCUT2D eigenvalue weighted by Crippen LogP contribution is -2.45. The molecule has 182 valence electrons. The van der Waals surface area contributed by atoms with Crippen molar-refractivity contribution in [3.05, 3.63) is 40.7 Å². The van der Waals surface area contributed by atoms with Crippen LogP contribution in [0.25, 0.3) is 0 Å². The summed E-state index contributed by atoms with van der Waals surface area (Å²) in [5.41, 5.74) is -1.15. The molecule has 4 rings (SSSR count). The van der Waals surface area contributed by atoms with E-state index in [9.17, 15) is 31.9 Å². The Morgan fingerprint density at radius 2 is 2.12 bits per heavy atom. The molecule has 4 heterocycles. The van der Waals surface area contributed by atoms with E-state index in [4.69, 9.17) is 0 Å². The third kappa shape index (κ3) is 4.53. The number of amides is 2. The van der Waals surface area contributed by atoms with E-state index >= 15 is 0 Å². The lowest BCUT2D eigenvalue weighted by atomic mass is 9.96. The minimum atomic E-state index is -3.18. The highest BCUT2D eigenvalue weighted by atomic mass is 19.3. The van der Waals surface area contributed by atoms with Crippen LogP contribution in [0.4, 0.5) is 32.4 Å². The second-order valence-electron chi connectivity index (χ2n) is 8.22. The number of nitrogens with one attached hydrogen (secondary N) is 1. The van der Waals surface area contributed by atoms with Crippen molar-refractivity contribution < 1.29 is 31.9 Å². The minimum Gasteiger partial charge on any atom is -0.396 e. The van der Waals surface area contributed by atoms with E-state index in [0.29, 0.717) is 5.69 Å². The van der Waals surface area contributed by atoms with Crippen LogP contribution in [0.1, 0.15) is 56.3 Å². The molecule has 0 saturated carbocycles. The number of aromatic nitrogens is 3. The van der Waals surface area contributed by atoms with Gasteiger partial charge >= 0.3 is 6.03 Å². The number of carbonyl (C=O) groups is 1. The Morgan fingerprint density at radius 3 is 2.79 bits per heavy atom. The number of urea groups is 1. The molecule has 0 bridgehead atoms. The third-order valence-corrected chi connectivity index (χ3v) is 6.01. The van der Waals surface area contributed by atoms with Crippen LogP contribution >= 0.6 is 0 Å². The van der Waals surface area contributed by atoms with E-state index in [1.165, 1.54) is 9.58 Å². The number of anilines is 1. The Hall–Kier alpha value is -2.76. The summed E-state index contributed by atoms with van der Waals surface area (Å²) in [6.45, 7) is 1.41. The van der Waals surface area contributed by atoms with Crippen LogP contribution in [0.2, 0.25) is 0 Å². The maximum atomic E-state index is 14.9. The van der Waals surface area contributed by atoms with Crippen molar-refractivity contribution in [1.29, 1.82) is 0 Å². The summed E-state index contributed by atoms with van der Waals surface area (Å²) in [6, 6.07) is -0.212. The Balaban J connectivity index is 0.00000306. The summed E-state index contributed by atoms with van der Waals surface area (Å²) >= 11 is 0. The molecule has 2 aliphatic rings. The number of fused-ring (bicyclic) bond motifs is 3. The van der Waals surface area contributed by atoms with Gasteiger partial charge in [-0.2, -0.15) is 13.9 Å². The molecule has 2 amide bonds. The van der Waals surface area contributed by atoms with Crippen LogP contribution in [-0.4, -0.2) is 43.5 Å². The molecule has 2 atom stereocenters. The number of rotatable bonds is 3. The molecular weight excluding hydrogens is 449 g/mol. The maximum Gasteiger partial charge on any atom is 0.322 e. The first-order chi connectivity index (χ1) is 15.1. The van der Waals surface area contributed by atoms with Gasteiger partial charge in [0.05, 0.1) is 17.9 Å². The van der Waals surface area contributed by atoms with Crippen molar-refractivity contribution in [2.75, 3.05) is 11.9 Å². The molecule has 33 heavy (non-hydrogen) atoms. The predicted octanol–water partition coefficient (Wildman–Crippen LogP) is 4.46. The fraction of sp³-hybridized carbons (Fsp3) is 0.571. The lowest BCUT2D eigenvalue weighted by Gasteiger charge is -2.33. The topological polar surface area (TPSA) is 83.3 Å². The zero-order valence-corrected chi connectivity index (χ0v) is 17.2. The monoisotopic (exact) mass is 475 g/mol. The summed E-state index contributed by atoms with van der Waals surface area (Å²) in [4.78, 5) is 17.4. The Kier molecular flexibility index (Phi) is 6.96. The molecule has 2 N–H and O–H groups in total. The molecular formula is C21H26F5N5O2. The fourth-order valence-corrected chi connectivity index (χ4v) is 4.29. The molecule has 0 aliphatic carbocycles. The first-order valence-electron chi connectivity index (χ1n) is 10.2. The van der Waals surface area contributed by atoms with Crippen LogP contribution in [0.3, 0.4) is 0 Å². The van der Waals surface area contributed by atoms with Crippen molar-refractivity contribution in [2.45, 2.75) is 65.1 Å². The Labute approximate surface area is 187 Å². The molecule has 0 spiro atoms. The van der Waals surface area contributed by atoms with Gasteiger partial charge in [0, 0.05) is 49.7 Å². The molecule has 2 aromatic heterocycles. The summed E-state index contributed by atoms with van der Waals surface area (Å²) in [6.07, 6.45) is -2.32. The standard InChI is InChI=1S/C20H22F5N5O2.CH4/c1-10-6-14-12(17-20(24,25)4-2-11(9-31)7-30(17)28-14)8-29(10)19(32)27-13-3-5-26-16(15(13)21)18(22)23;/h3,5,10-11,18,31H,2,4,6-9H2,1H3,(H,26,27,32);1H4/t10-,11+;/m1./s1. The molecule has 0 aromatic carbocycles. The number of pyridine rings is 1. The smallest absolute Gasteiger partial charge is 0.322 e. The molecule has 2 aromatic rings. The van der Waals surface area contributed by atoms with Gasteiger partial charge in [-0.15, -0.1) is 0 Å². The zero-order chi connectivity index (χ0) is 23.2. The maximum absolute atomic E-state index is 14.9. The van der Waals surface area contributed by atoms with Crippen molar-refractivity contribution in [2.24, 2.45) is 5.92 Å². The van der Waals surface area contributed by atoms with Gasteiger partial charge in [-0.05, 0) is 19.4 Å². The fourth-order valence-electron chi connectivity index (χ4n) is 4.29. The van der Waals surface area contributed by atoms with Gasteiger partial charge in [0.25, 0.3) is 12.3 Å². The SMILES string of the molecule is C.C[C@@H]1Cc2nn3c(c2CN1C(=O)Nc1ccnc(C(F)F)c1F)C(F)(F)CC[C@H](CO)C3. The highest BCUT2D eigenvalue weighted by molar-refractivity contribution is 5.90. The highest BCUT2D eigenvalue weighted by Crippen LogP contribution is 2.42. The molecule has 7 nitrogen and oxygen atoms in total. The van der Waals surface area contributed by atoms with Gasteiger partial charge in [-0.25, -0.2) is 18.0 Å².